The molecule has 192 valence electrons. The zero-order valence-electron chi connectivity index (χ0n) is 19.7. The number of likely N-dealkylation sites (N-methyl/N-ethyl adjacent to an activating group) is 1. The molecule has 1 saturated heterocycles. The van der Waals surface area contributed by atoms with Crippen molar-refractivity contribution in [2.75, 3.05) is 43.4 Å². The Morgan fingerprint density at radius 1 is 1.24 bits per heavy atom. The highest BCUT2D eigenvalue weighted by atomic mass is 32.1. The van der Waals surface area contributed by atoms with Gasteiger partial charge in [0.05, 0.1) is 16.3 Å². The minimum absolute atomic E-state index is 0.0323. The number of nitrogens with two attached hydrogens (primary N) is 1. The molecule has 0 saturated carbocycles. The highest BCUT2D eigenvalue weighted by molar-refractivity contribution is 7.15. The zero-order valence-corrected chi connectivity index (χ0v) is 20.5. The van der Waals surface area contributed by atoms with Crippen LogP contribution in [0.1, 0.15) is 25.7 Å². The molecule has 1 aromatic carbocycles. The number of carbonyl (C=O) groups is 1. The number of hydrogen-bond acceptors (Lipinski definition) is 9. The number of piperazine rings is 1. The maximum absolute atomic E-state index is 13.1. The molecule has 9 nitrogen and oxygen atoms in total. The van der Waals surface area contributed by atoms with Crippen LogP contribution in [0.15, 0.2) is 24.4 Å². The van der Waals surface area contributed by atoms with Gasteiger partial charge in [0.25, 0.3) is 5.91 Å². The largest absolute Gasteiger partial charge is 0.573 e. The number of rotatable bonds is 5. The number of anilines is 3. The molecule has 13 heteroatoms. The molecule has 1 aliphatic carbocycles. The second-order valence-corrected chi connectivity index (χ2v) is 9.82. The highest BCUT2D eigenvalue weighted by Gasteiger charge is 2.33. The summed E-state index contributed by atoms with van der Waals surface area (Å²) in [6.07, 6.45) is -2.27. The number of amides is 1. The van der Waals surface area contributed by atoms with E-state index in [4.69, 9.17) is 5.73 Å². The number of aryl methyl sites for hydroxylation is 1. The predicted octanol–water partition coefficient (Wildman–Crippen LogP) is 3.67. The van der Waals surface area contributed by atoms with Crippen LogP contribution in [0.3, 0.4) is 0 Å². The molecule has 2 aliphatic rings. The number of primary amides is 1. The minimum Gasteiger partial charge on any atom is -0.404 e. The summed E-state index contributed by atoms with van der Waals surface area (Å²) in [7, 11) is 2.01. The van der Waals surface area contributed by atoms with Crippen LogP contribution in [0.25, 0.3) is 11.3 Å². The Labute approximate surface area is 214 Å². The van der Waals surface area contributed by atoms with Gasteiger partial charge in [0.1, 0.15) is 10.9 Å². The Hall–Kier alpha value is -3.89. The maximum Gasteiger partial charge on any atom is 0.573 e. The van der Waals surface area contributed by atoms with Crippen molar-refractivity contribution in [2.24, 2.45) is 5.73 Å². The van der Waals surface area contributed by atoms with Crippen molar-refractivity contribution in [2.45, 2.75) is 19.2 Å². The smallest absolute Gasteiger partial charge is 0.404 e. The van der Waals surface area contributed by atoms with Gasteiger partial charge in [0.2, 0.25) is 5.95 Å². The van der Waals surface area contributed by atoms with Crippen LogP contribution in [-0.4, -0.2) is 60.4 Å². The fourth-order valence-electron chi connectivity index (χ4n) is 4.57. The third-order valence-electron chi connectivity index (χ3n) is 6.38. The number of thiophene rings is 1. The summed E-state index contributed by atoms with van der Waals surface area (Å²) in [6.45, 7) is 3.11. The summed E-state index contributed by atoms with van der Waals surface area (Å²) in [4.78, 5) is 25.6. The molecular weight excluding hydrogens is 507 g/mol. The number of carbonyl (C=O) groups excluding carboxylic acids is 1. The number of benzene rings is 1. The molecule has 1 aliphatic heterocycles. The standard InChI is InChI=1S/C24H22F3N7O2S/c1-33-6-8-34(9-7-33)14-3-5-17(36-24(25,26)27)16(10-14)31-23-30-12-13-2-4-15-19(20(13)32-23)18(11-28)37-21(15)22(29)35/h3,5,10,12H,2,4,6-9H2,1H3,(H2,29,35)(H,30,31,32). The number of nitrogens with zero attached hydrogens (tertiary/aromatic N) is 5. The normalized spacial score (nSPS) is 15.5. The first kappa shape index (κ1) is 24.8. The Morgan fingerprint density at radius 2 is 2.00 bits per heavy atom. The van der Waals surface area contributed by atoms with E-state index in [1.165, 1.54) is 6.07 Å². The molecular formula is C24H22F3N7O2S. The van der Waals surface area contributed by atoms with Crippen LogP contribution in [-0.2, 0) is 12.8 Å². The van der Waals surface area contributed by atoms with Gasteiger partial charge < -0.3 is 25.6 Å². The van der Waals surface area contributed by atoms with Gasteiger partial charge in [0.15, 0.2) is 5.75 Å². The Balaban J connectivity index is 1.53. The van der Waals surface area contributed by atoms with E-state index in [2.05, 4.69) is 35.9 Å². The zero-order chi connectivity index (χ0) is 26.3. The van der Waals surface area contributed by atoms with Gasteiger partial charge in [-0.25, -0.2) is 9.97 Å². The van der Waals surface area contributed by atoms with Crippen LogP contribution in [0.5, 0.6) is 5.75 Å². The van der Waals surface area contributed by atoms with Crippen LogP contribution in [0.2, 0.25) is 0 Å². The molecule has 0 spiro atoms. The van der Waals surface area contributed by atoms with E-state index >= 15 is 0 Å². The molecule has 0 bridgehead atoms. The number of hydrogen-bond donors (Lipinski definition) is 2. The van der Waals surface area contributed by atoms with E-state index in [1.54, 1.807) is 18.3 Å². The predicted molar refractivity (Wildman–Crippen MR) is 132 cm³/mol. The fraction of sp³-hybridized carbons (Fsp3) is 0.333. The second kappa shape index (κ2) is 9.53. The summed E-state index contributed by atoms with van der Waals surface area (Å²) in [6, 6.07) is 6.54. The summed E-state index contributed by atoms with van der Waals surface area (Å²) in [5.41, 5.74) is 8.69. The molecule has 1 amide bonds. The van der Waals surface area contributed by atoms with Gasteiger partial charge >= 0.3 is 6.36 Å². The average molecular weight is 530 g/mol. The van der Waals surface area contributed by atoms with Crippen molar-refractivity contribution < 1.29 is 22.7 Å². The van der Waals surface area contributed by atoms with Gasteiger partial charge in [-0.3, -0.25) is 4.79 Å². The number of aromatic nitrogens is 2. The van der Waals surface area contributed by atoms with Crippen molar-refractivity contribution in [3.05, 3.63) is 45.3 Å². The number of nitriles is 1. The van der Waals surface area contributed by atoms with Gasteiger partial charge in [-0.1, -0.05) is 0 Å². The fourth-order valence-corrected chi connectivity index (χ4v) is 5.57. The first-order valence-corrected chi connectivity index (χ1v) is 12.3. The van der Waals surface area contributed by atoms with Crippen molar-refractivity contribution in [3.8, 4) is 23.1 Å². The van der Waals surface area contributed by atoms with Gasteiger partial charge in [-0.15, -0.1) is 24.5 Å². The van der Waals surface area contributed by atoms with Crippen LogP contribution in [0.4, 0.5) is 30.5 Å². The van der Waals surface area contributed by atoms with E-state index in [-0.39, 0.29) is 11.6 Å². The lowest BCUT2D eigenvalue weighted by atomic mass is 9.90. The molecule has 0 atom stereocenters. The summed E-state index contributed by atoms with van der Waals surface area (Å²) in [5.74, 6) is -1.00. The Bertz CT molecular complexity index is 1410. The molecule has 3 aromatic rings. The van der Waals surface area contributed by atoms with Crippen LogP contribution >= 0.6 is 11.3 Å². The first-order valence-electron chi connectivity index (χ1n) is 11.4. The second-order valence-electron chi connectivity index (χ2n) is 8.80. The van der Waals surface area contributed by atoms with E-state index in [9.17, 15) is 23.2 Å². The lowest BCUT2D eigenvalue weighted by molar-refractivity contribution is -0.274. The molecule has 2 aromatic heterocycles. The number of alkyl halides is 3. The van der Waals surface area contributed by atoms with E-state index in [0.717, 1.165) is 48.8 Å². The summed E-state index contributed by atoms with van der Waals surface area (Å²) >= 11 is 1.01. The van der Waals surface area contributed by atoms with Gasteiger partial charge in [-0.05, 0) is 49.2 Å². The Morgan fingerprint density at radius 3 is 2.68 bits per heavy atom. The molecule has 0 unspecified atom stereocenters. The summed E-state index contributed by atoms with van der Waals surface area (Å²) in [5, 5.41) is 12.5. The van der Waals surface area contributed by atoms with Crippen LogP contribution < -0.4 is 20.7 Å². The quantitative estimate of drug-likeness (QED) is 0.514. The van der Waals surface area contributed by atoms with Crippen LogP contribution in [0, 0.1) is 11.3 Å². The first-order chi connectivity index (χ1) is 17.6. The topological polar surface area (TPSA) is 120 Å². The van der Waals surface area contributed by atoms with Crippen molar-refractivity contribution >= 4 is 34.6 Å². The lowest BCUT2D eigenvalue weighted by Crippen LogP contribution is -2.44. The van der Waals surface area contributed by atoms with Crippen molar-refractivity contribution in [1.29, 1.82) is 5.26 Å². The van der Waals surface area contributed by atoms with Gasteiger partial charge in [-0.2, -0.15) is 5.26 Å². The number of ether oxygens (including phenoxy) is 1. The Kier molecular flexibility index (Phi) is 6.38. The molecule has 3 N–H and O–H groups in total. The highest BCUT2D eigenvalue weighted by Crippen LogP contribution is 2.42. The third-order valence-corrected chi connectivity index (χ3v) is 7.53. The third kappa shape index (κ3) is 5.03. The molecule has 0 radical (unpaired) electrons. The van der Waals surface area contributed by atoms with Crippen molar-refractivity contribution in [1.82, 2.24) is 14.9 Å². The SMILES string of the molecule is CN1CCN(c2ccc(OC(F)(F)F)c(Nc3ncc4c(n3)-c3c(C#N)sc(C(N)=O)c3CC4)c2)CC1. The lowest BCUT2D eigenvalue weighted by Gasteiger charge is -2.34. The molecule has 5 rings (SSSR count). The monoisotopic (exact) mass is 529 g/mol. The number of halogens is 3. The summed E-state index contributed by atoms with van der Waals surface area (Å²) < 4.78 is 43.7. The van der Waals surface area contributed by atoms with E-state index < -0.39 is 18.0 Å². The molecule has 1 fully saturated rings. The minimum atomic E-state index is -4.89. The van der Waals surface area contributed by atoms with Crippen molar-refractivity contribution in [3.63, 3.8) is 0 Å². The van der Waals surface area contributed by atoms with E-state index in [1.807, 2.05) is 7.05 Å². The number of nitrogens with one attached hydrogen (secondary N) is 1. The van der Waals surface area contributed by atoms with E-state index in [0.29, 0.717) is 39.4 Å². The number of fused-ring (bicyclic) bond motifs is 3. The van der Waals surface area contributed by atoms with Gasteiger partial charge in [0, 0.05) is 43.6 Å². The molecule has 3 heterocycles. The maximum atomic E-state index is 13.1. The average Bonchev–Trinajstić information content (AvgIpc) is 3.24. The molecule has 37 heavy (non-hydrogen) atoms.